The maximum atomic E-state index is 12.8. The predicted octanol–water partition coefficient (Wildman–Crippen LogP) is 2.05. The van der Waals surface area contributed by atoms with Crippen LogP contribution in [0, 0.1) is 0 Å². The van der Waals surface area contributed by atoms with Crippen LogP contribution in [-0.2, 0) is 17.9 Å². The van der Waals surface area contributed by atoms with Gasteiger partial charge < -0.3 is 10.5 Å². The fourth-order valence-corrected chi connectivity index (χ4v) is 2.95. The van der Waals surface area contributed by atoms with Crippen LogP contribution in [0.3, 0.4) is 0 Å². The summed E-state index contributed by atoms with van der Waals surface area (Å²) in [7, 11) is 1.89. The molecule has 2 aromatic carbocycles. The molecule has 0 aliphatic carbocycles. The van der Waals surface area contributed by atoms with Crippen molar-refractivity contribution >= 4 is 28.4 Å². The molecule has 0 spiro atoms. The summed E-state index contributed by atoms with van der Waals surface area (Å²) in [5.41, 5.74) is 5.64. The number of primary amides is 1. The molecule has 0 aliphatic heterocycles. The summed E-state index contributed by atoms with van der Waals surface area (Å²) in [4.78, 5) is 30.7. The fourth-order valence-electron chi connectivity index (χ4n) is 2.82. The summed E-state index contributed by atoms with van der Waals surface area (Å²) in [5.74, 6) is 0.623. The molecule has 8 heteroatoms. The van der Waals surface area contributed by atoms with Crippen LogP contribution < -0.4 is 16.0 Å². The number of benzene rings is 2. The Morgan fingerprint density at radius 3 is 2.64 bits per heavy atom. The summed E-state index contributed by atoms with van der Waals surface area (Å²) in [5, 5.41) is 1.11. The van der Waals surface area contributed by atoms with Crippen molar-refractivity contribution in [2.75, 3.05) is 20.2 Å². The number of ether oxygens (including phenoxy) is 1. The standard InChI is InChI=1S/C20H21ClN4O3/c1-24(10-11-28-15-8-6-14(21)7-9-15)13-19-23-17-5-3-2-4-16(17)20(27)25(19)12-18(22)26/h2-9H,10-13H2,1H3,(H2,22,26). The molecule has 0 bridgehead atoms. The van der Waals surface area contributed by atoms with E-state index in [2.05, 4.69) is 4.98 Å². The third-order valence-electron chi connectivity index (χ3n) is 4.22. The molecule has 146 valence electrons. The first-order valence-corrected chi connectivity index (χ1v) is 9.15. The number of aromatic nitrogens is 2. The third-order valence-corrected chi connectivity index (χ3v) is 4.47. The maximum absolute atomic E-state index is 12.8. The van der Waals surface area contributed by atoms with Gasteiger partial charge in [0.15, 0.2) is 0 Å². The van der Waals surface area contributed by atoms with E-state index >= 15 is 0 Å². The Balaban J connectivity index is 1.73. The Labute approximate surface area is 167 Å². The number of hydrogen-bond acceptors (Lipinski definition) is 5. The Hall–Kier alpha value is -2.90. The van der Waals surface area contributed by atoms with Crippen molar-refractivity contribution in [3.63, 3.8) is 0 Å². The number of amides is 1. The molecule has 28 heavy (non-hydrogen) atoms. The zero-order valence-corrected chi connectivity index (χ0v) is 16.2. The lowest BCUT2D eigenvalue weighted by Crippen LogP contribution is -2.34. The number of carbonyl (C=O) groups is 1. The summed E-state index contributed by atoms with van der Waals surface area (Å²) in [6.45, 7) is 1.21. The zero-order valence-electron chi connectivity index (χ0n) is 15.5. The number of halogens is 1. The second kappa shape index (κ2) is 8.86. The molecule has 0 aliphatic rings. The summed E-state index contributed by atoms with van der Waals surface area (Å²) >= 11 is 5.86. The van der Waals surface area contributed by atoms with Crippen LogP contribution in [0.25, 0.3) is 10.9 Å². The van der Waals surface area contributed by atoms with Crippen LogP contribution in [0.2, 0.25) is 5.02 Å². The number of nitrogens with two attached hydrogens (primary N) is 1. The summed E-state index contributed by atoms with van der Waals surface area (Å²) in [6.07, 6.45) is 0. The van der Waals surface area contributed by atoms with Crippen LogP contribution in [0.1, 0.15) is 5.82 Å². The smallest absolute Gasteiger partial charge is 0.261 e. The number of carbonyl (C=O) groups excluding carboxylic acids is 1. The van der Waals surface area contributed by atoms with Crippen molar-refractivity contribution in [3.05, 3.63) is 69.7 Å². The van der Waals surface area contributed by atoms with E-state index in [1.807, 2.05) is 18.0 Å². The van der Waals surface area contributed by atoms with E-state index in [1.165, 1.54) is 4.57 Å². The number of hydrogen-bond donors (Lipinski definition) is 1. The fraction of sp³-hybridized carbons (Fsp3) is 0.250. The highest BCUT2D eigenvalue weighted by Crippen LogP contribution is 2.15. The molecular formula is C20H21ClN4O3. The van der Waals surface area contributed by atoms with Gasteiger partial charge in [0.05, 0.1) is 17.4 Å². The lowest BCUT2D eigenvalue weighted by Gasteiger charge is -2.19. The largest absolute Gasteiger partial charge is 0.492 e. The van der Waals surface area contributed by atoms with E-state index in [9.17, 15) is 9.59 Å². The zero-order chi connectivity index (χ0) is 20.1. The molecule has 7 nitrogen and oxygen atoms in total. The van der Waals surface area contributed by atoms with Crippen LogP contribution in [0.5, 0.6) is 5.75 Å². The topological polar surface area (TPSA) is 90.4 Å². The molecule has 0 fully saturated rings. The van der Waals surface area contributed by atoms with E-state index in [0.717, 1.165) is 5.75 Å². The van der Waals surface area contributed by atoms with Gasteiger partial charge in [-0.1, -0.05) is 23.7 Å². The van der Waals surface area contributed by atoms with Gasteiger partial charge >= 0.3 is 0 Å². The second-order valence-corrected chi connectivity index (χ2v) is 6.88. The Bertz CT molecular complexity index is 1030. The molecule has 3 aromatic rings. The normalized spacial score (nSPS) is 11.1. The van der Waals surface area contributed by atoms with Gasteiger partial charge in [-0.25, -0.2) is 4.98 Å². The van der Waals surface area contributed by atoms with Crippen LogP contribution in [0.15, 0.2) is 53.3 Å². The van der Waals surface area contributed by atoms with Crippen molar-refractivity contribution in [2.45, 2.75) is 13.1 Å². The minimum Gasteiger partial charge on any atom is -0.492 e. The van der Waals surface area contributed by atoms with Crippen molar-refractivity contribution in [1.29, 1.82) is 0 Å². The average Bonchev–Trinajstić information content (AvgIpc) is 2.66. The minimum absolute atomic E-state index is 0.207. The monoisotopic (exact) mass is 400 g/mol. The quantitative estimate of drug-likeness (QED) is 0.625. The summed E-state index contributed by atoms with van der Waals surface area (Å²) in [6, 6.07) is 14.2. The first-order valence-electron chi connectivity index (χ1n) is 8.77. The molecule has 2 N–H and O–H groups in total. The number of likely N-dealkylation sites (N-methyl/N-ethyl adjacent to an activating group) is 1. The molecule has 0 saturated heterocycles. The van der Waals surface area contributed by atoms with Crippen LogP contribution >= 0.6 is 11.6 Å². The molecule has 3 rings (SSSR count). The number of rotatable bonds is 8. The van der Waals surface area contributed by atoms with Gasteiger partial charge in [-0.05, 0) is 43.4 Å². The van der Waals surface area contributed by atoms with Gasteiger partial charge in [0, 0.05) is 11.6 Å². The van der Waals surface area contributed by atoms with Gasteiger partial charge in [-0.15, -0.1) is 0 Å². The lowest BCUT2D eigenvalue weighted by molar-refractivity contribution is -0.118. The van der Waals surface area contributed by atoms with E-state index in [4.69, 9.17) is 22.1 Å². The molecule has 1 amide bonds. The number of fused-ring (bicyclic) bond motifs is 1. The van der Waals surface area contributed by atoms with E-state index in [-0.39, 0.29) is 12.1 Å². The first kappa shape index (κ1) is 19.9. The average molecular weight is 401 g/mol. The molecule has 1 heterocycles. The summed E-state index contributed by atoms with van der Waals surface area (Å²) < 4.78 is 7.03. The molecule has 1 aromatic heterocycles. The molecule has 0 saturated carbocycles. The highest BCUT2D eigenvalue weighted by Gasteiger charge is 2.14. The van der Waals surface area contributed by atoms with Crippen molar-refractivity contribution in [2.24, 2.45) is 5.73 Å². The van der Waals surface area contributed by atoms with Crippen molar-refractivity contribution in [3.8, 4) is 5.75 Å². The van der Waals surface area contributed by atoms with Gasteiger partial charge in [0.1, 0.15) is 24.7 Å². The minimum atomic E-state index is -0.589. The third kappa shape index (κ3) is 4.88. The van der Waals surface area contributed by atoms with Gasteiger partial charge in [0.2, 0.25) is 5.91 Å². The van der Waals surface area contributed by atoms with Crippen LogP contribution in [-0.4, -0.2) is 40.6 Å². The maximum Gasteiger partial charge on any atom is 0.261 e. The highest BCUT2D eigenvalue weighted by atomic mass is 35.5. The van der Waals surface area contributed by atoms with Crippen molar-refractivity contribution in [1.82, 2.24) is 14.5 Å². The molecule has 0 radical (unpaired) electrons. The van der Waals surface area contributed by atoms with Crippen molar-refractivity contribution < 1.29 is 9.53 Å². The van der Waals surface area contributed by atoms with Gasteiger partial charge in [0.25, 0.3) is 5.56 Å². The Morgan fingerprint density at radius 2 is 1.93 bits per heavy atom. The van der Waals surface area contributed by atoms with Crippen LogP contribution in [0.4, 0.5) is 0 Å². The van der Waals surface area contributed by atoms with E-state index in [1.54, 1.807) is 42.5 Å². The molecular weight excluding hydrogens is 380 g/mol. The second-order valence-electron chi connectivity index (χ2n) is 6.44. The lowest BCUT2D eigenvalue weighted by atomic mass is 10.2. The van der Waals surface area contributed by atoms with Gasteiger partial charge in [-0.2, -0.15) is 0 Å². The first-order chi connectivity index (χ1) is 13.4. The van der Waals surface area contributed by atoms with E-state index < -0.39 is 5.91 Å². The van der Waals surface area contributed by atoms with Gasteiger partial charge in [-0.3, -0.25) is 19.1 Å². The molecule has 0 unspecified atom stereocenters. The predicted molar refractivity (Wildman–Crippen MR) is 108 cm³/mol. The highest BCUT2D eigenvalue weighted by molar-refractivity contribution is 6.30. The number of nitrogens with zero attached hydrogens (tertiary/aromatic N) is 3. The number of para-hydroxylation sites is 1. The van der Waals surface area contributed by atoms with E-state index in [0.29, 0.717) is 41.4 Å². The Kier molecular flexibility index (Phi) is 6.28. The molecule has 0 atom stereocenters. The SMILES string of the molecule is CN(CCOc1ccc(Cl)cc1)Cc1nc2ccccc2c(=O)n1CC(N)=O. The Morgan fingerprint density at radius 1 is 1.21 bits per heavy atom.